The molecule has 1 aliphatic carbocycles. The Kier molecular flexibility index (Phi) is 9.26. The number of hydrogen-bond donors (Lipinski definition) is 1. The van der Waals surface area contributed by atoms with E-state index in [0.29, 0.717) is 13.0 Å². The molecule has 5 heteroatoms. The molecule has 192 valence electrons. The summed E-state index contributed by atoms with van der Waals surface area (Å²) in [5.41, 5.74) is -1.29. The SMILES string of the molecule is C/C=C/C1CC(ON2C(CC)(CC)CC(O)CC2(CC)CC)CC1(C(=O)OCC)C(C)(C)C. The molecule has 0 aromatic rings. The number of allylic oxidation sites excluding steroid dienone is 2. The van der Waals surface area contributed by atoms with Crippen molar-refractivity contribution in [3.63, 3.8) is 0 Å². The lowest BCUT2D eigenvalue weighted by molar-refractivity contribution is -0.332. The van der Waals surface area contributed by atoms with Crippen molar-refractivity contribution in [3.8, 4) is 0 Å². The molecule has 2 aliphatic rings. The largest absolute Gasteiger partial charge is 0.466 e. The topological polar surface area (TPSA) is 59.0 Å². The van der Waals surface area contributed by atoms with Crippen LogP contribution in [0.3, 0.4) is 0 Å². The van der Waals surface area contributed by atoms with Crippen LogP contribution in [0.5, 0.6) is 0 Å². The molecule has 1 heterocycles. The summed E-state index contributed by atoms with van der Waals surface area (Å²) in [7, 11) is 0. The summed E-state index contributed by atoms with van der Waals surface area (Å²) in [4.78, 5) is 20.5. The predicted molar refractivity (Wildman–Crippen MR) is 135 cm³/mol. The first-order chi connectivity index (χ1) is 15.5. The highest BCUT2D eigenvalue weighted by molar-refractivity contribution is 5.79. The van der Waals surface area contributed by atoms with Gasteiger partial charge in [-0.2, -0.15) is 5.06 Å². The molecule has 1 aliphatic heterocycles. The number of carbonyl (C=O) groups is 1. The van der Waals surface area contributed by atoms with E-state index in [2.05, 4.69) is 65.7 Å². The van der Waals surface area contributed by atoms with Crippen molar-refractivity contribution in [2.45, 2.75) is 137 Å². The number of hydrogen-bond acceptors (Lipinski definition) is 5. The highest BCUT2D eigenvalue weighted by Crippen LogP contribution is 2.58. The average Bonchev–Trinajstić information content (AvgIpc) is 3.14. The molecule has 0 spiro atoms. The fraction of sp³-hybridized carbons (Fsp3) is 0.893. The van der Waals surface area contributed by atoms with Crippen LogP contribution >= 0.6 is 0 Å². The van der Waals surface area contributed by atoms with Gasteiger partial charge in [-0.25, -0.2) is 0 Å². The Hall–Kier alpha value is -0.910. The van der Waals surface area contributed by atoms with Crippen molar-refractivity contribution in [3.05, 3.63) is 12.2 Å². The average molecular weight is 466 g/mol. The quantitative estimate of drug-likeness (QED) is 0.313. The van der Waals surface area contributed by atoms with Crippen molar-refractivity contribution in [2.75, 3.05) is 6.61 Å². The summed E-state index contributed by atoms with van der Waals surface area (Å²) < 4.78 is 5.68. The summed E-state index contributed by atoms with van der Waals surface area (Å²) in [5, 5.41) is 13.2. The van der Waals surface area contributed by atoms with Gasteiger partial charge in [0.2, 0.25) is 0 Å². The van der Waals surface area contributed by atoms with Gasteiger partial charge in [0.1, 0.15) is 0 Å². The summed E-state index contributed by atoms with van der Waals surface area (Å²) in [5.74, 6) is -0.0347. The van der Waals surface area contributed by atoms with E-state index < -0.39 is 5.41 Å². The van der Waals surface area contributed by atoms with Crippen molar-refractivity contribution < 1.29 is 19.5 Å². The molecule has 0 amide bonds. The first-order valence-electron chi connectivity index (χ1n) is 13.4. The van der Waals surface area contributed by atoms with Crippen molar-refractivity contribution in [2.24, 2.45) is 16.7 Å². The Balaban J connectivity index is 2.52. The maximum absolute atomic E-state index is 13.5. The predicted octanol–water partition coefficient (Wildman–Crippen LogP) is 6.44. The lowest BCUT2D eigenvalue weighted by Crippen LogP contribution is -2.66. The minimum absolute atomic E-state index is 0.0669. The molecule has 0 radical (unpaired) electrons. The van der Waals surface area contributed by atoms with Gasteiger partial charge in [-0.15, -0.1) is 0 Å². The third kappa shape index (κ3) is 4.92. The minimum Gasteiger partial charge on any atom is -0.466 e. The number of nitrogens with zero attached hydrogens (tertiary/aromatic N) is 1. The van der Waals surface area contributed by atoms with Crippen LogP contribution in [0.25, 0.3) is 0 Å². The molecule has 0 aromatic heterocycles. The second-order valence-electron chi connectivity index (χ2n) is 11.5. The smallest absolute Gasteiger partial charge is 0.313 e. The Morgan fingerprint density at radius 1 is 1.00 bits per heavy atom. The Morgan fingerprint density at radius 2 is 1.52 bits per heavy atom. The fourth-order valence-corrected chi connectivity index (χ4v) is 6.94. The summed E-state index contributed by atoms with van der Waals surface area (Å²) in [6.45, 7) is 19.6. The van der Waals surface area contributed by atoms with Crippen LogP contribution in [0.2, 0.25) is 0 Å². The van der Waals surface area contributed by atoms with Crippen LogP contribution in [0.1, 0.15) is 114 Å². The monoisotopic (exact) mass is 465 g/mol. The van der Waals surface area contributed by atoms with Gasteiger partial charge in [-0.3, -0.25) is 9.63 Å². The first kappa shape index (κ1) is 28.3. The molecule has 0 bridgehead atoms. The zero-order chi connectivity index (χ0) is 25.1. The van der Waals surface area contributed by atoms with Gasteiger partial charge in [-0.1, -0.05) is 60.6 Å². The lowest BCUT2D eigenvalue weighted by Gasteiger charge is -2.58. The normalized spacial score (nSPS) is 30.7. The zero-order valence-electron chi connectivity index (χ0n) is 22.9. The molecule has 3 atom stereocenters. The van der Waals surface area contributed by atoms with Crippen LogP contribution in [-0.4, -0.2) is 46.0 Å². The zero-order valence-corrected chi connectivity index (χ0v) is 22.9. The molecule has 1 saturated carbocycles. The molecule has 5 nitrogen and oxygen atoms in total. The highest BCUT2D eigenvalue weighted by Gasteiger charge is 2.61. The van der Waals surface area contributed by atoms with Gasteiger partial charge in [0.25, 0.3) is 0 Å². The second kappa shape index (κ2) is 10.8. The molecule has 3 unspecified atom stereocenters. The van der Waals surface area contributed by atoms with Gasteiger partial charge in [0, 0.05) is 11.1 Å². The molecule has 2 fully saturated rings. The van der Waals surface area contributed by atoms with Crippen LogP contribution < -0.4 is 0 Å². The van der Waals surface area contributed by atoms with Gasteiger partial charge in [0.15, 0.2) is 0 Å². The molecule has 1 N–H and O–H groups in total. The van der Waals surface area contributed by atoms with Crippen LogP contribution in [-0.2, 0) is 14.4 Å². The van der Waals surface area contributed by atoms with E-state index in [1.54, 1.807) is 0 Å². The molecule has 2 rings (SSSR count). The van der Waals surface area contributed by atoms with E-state index in [1.165, 1.54) is 0 Å². The van der Waals surface area contributed by atoms with Crippen LogP contribution in [0.15, 0.2) is 12.2 Å². The fourth-order valence-electron chi connectivity index (χ4n) is 6.94. The third-order valence-corrected chi connectivity index (χ3v) is 9.08. The van der Waals surface area contributed by atoms with E-state index in [0.717, 1.165) is 44.9 Å². The maximum Gasteiger partial charge on any atom is 0.313 e. The van der Waals surface area contributed by atoms with E-state index in [4.69, 9.17) is 9.57 Å². The van der Waals surface area contributed by atoms with Crippen molar-refractivity contribution >= 4 is 5.97 Å². The number of esters is 1. The van der Waals surface area contributed by atoms with Gasteiger partial charge < -0.3 is 9.84 Å². The summed E-state index contributed by atoms with van der Waals surface area (Å²) >= 11 is 0. The molecule has 0 aromatic carbocycles. The van der Waals surface area contributed by atoms with Crippen LogP contribution in [0.4, 0.5) is 0 Å². The summed E-state index contributed by atoms with van der Waals surface area (Å²) in [6, 6.07) is 0. The van der Waals surface area contributed by atoms with Gasteiger partial charge >= 0.3 is 5.97 Å². The van der Waals surface area contributed by atoms with E-state index >= 15 is 0 Å². The van der Waals surface area contributed by atoms with E-state index in [1.807, 2.05) is 13.8 Å². The number of aliphatic hydroxyl groups is 1. The van der Waals surface area contributed by atoms with Crippen molar-refractivity contribution in [1.29, 1.82) is 0 Å². The van der Waals surface area contributed by atoms with Gasteiger partial charge in [0.05, 0.1) is 24.2 Å². The highest BCUT2D eigenvalue weighted by atomic mass is 16.7. The number of piperidine rings is 1. The Bertz CT molecular complexity index is 652. The molecular formula is C28H51NO4. The maximum atomic E-state index is 13.5. The molecular weight excluding hydrogens is 414 g/mol. The number of ether oxygens (including phenoxy) is 1. The minimum atomic E-state index is -0.627. The summed E-state index contributed by atoms with van der Waals surface area (Å²) in [6.07, 6.45) is 10.5. The number of aliphatic hydroxyl groups excluding tert-OH is 1. The van der Waals surface area contributed by atoms with E-state index in [9.17, 15) is 9.90 Å². The van der Waals surface area contributed by atoms with E-state index in [-0.39, 0.29) is 40.6 Å². The number of hydroxylamine groups is 2. The first-order valence-corrected chi connectivity index (χ1v) is 13.4. The number of carbonyl (C=O) groups excluding carboxylic acids is 1. The lowest BCUT2D eigenvalue weighted by atomic mass is 9.60. The van der Waals surface area contributed by atoms with Crippen LogP contribution in [0, 0.1) is 16.7 Å². The number of rotatable bonds is 9. The Labute approximate surface area is 203 Å². The second-order valence-corrected chi connectivity index (χ2v) is 11.5. The third-order valence-electron chi connectivity index (χ3n) is 9.08. The van der Waals surface area contributed by atoms with Gasteiger partial charge in [-0.05, 0) is 76.5 Å². The molecule has 33 heavy (non-hydrogen) atoms. The van der Waals surface area contributed by atoms with Crippen molar-refractivity contribution in [1.82, 2.24) is 5.06 Å². The Morgan fingerprint density at radius 3 is 1.91 bits per heavy atom. The molecule has 1 saturated heterocycles. The standard InChI is InChI=1S/C28H51NO4/c1-10-16-21-17-23(20-28(21,25(7,8)9)24(31)32-15-6)33-29-26(11-2,12-3)18-22(30)19-27(29,13-4)14-5/h10,16,21-23,30H,11-15,17-20H2,1-9H3/b16-10+.